The summed E-state index contributed by atoms with van der Waals surface area (Å²) in [6.45, 7) is 2.98. The van der Waals surface area contributed by atoms with Gasteiger partial charge in [0.15, 0.2) is 0 Å². The van der Waals surface area contributed by atoms with Crippen LogP contribution in [0.3, 0.4) is 0 Å². The fraction of sp³-hybridized carbons (Fsp3) is 0.500. The monoisotopic (exact) mass is 336 g/mol. The van der Waals surface area contributed by atoms with Crippen LogP contribution in [0, 0.1) is 5.92 Å². The lowest BCUT2D eigenvalue weighted by molar-refractivity contribution is 0.0663. The summed E-state index contributed by atoms with van der Waals surface area (Å²) in [6.07, 6.45) is 1.89. The molecule has 2 aliphatic rings. The maximum atomic E-state index is 12.5. The van der Waals surface area contributed by atoms with Crippen LogP contribution < -0.4 is 0 Å². The SMILES string of the molecule is CC1CCCN(S(=O)(=O)CCN2C(=O)c3ccccc3C2=O)C1. The van der Waals surface area contributed by atoms with Crippen LogP contribution >= 0.6 is 0 Å². The lowest BCUT2D eigenvalue weighted by Gasteiger charge is -2.30. The van der Waals surface area contributed by atoms with E-state index in [0.29, 0.717) is 30.1 Å². The van der Waals surface area contributed by atoms with Crippen molar-refractivity contribution in [2.75, 3.05) is 25.4 Å². The van der Waals surface area contributed by atoms with Gasteiger partial charge < -0.3 is 0 Å². The summed E-state index contributed by atoms with van der Waals surface area (Å²) in [5.41, 5.74) is 0.697. The second-order valence-corrected chi connectivity index (χ2v) is 8.32. The molecule has 1 aromatic carbocycles. The van der Waals surface area contributed by atoms with Gasteiger partial charge in [-0.1, -0.05) is 19.1 Å². The summed E-state index contributed by atoms with van der Waals surface area (Å²) in [7, 11) is -3.45. The molecule has 1 unspecified atom stereocenters. The van der Waals surface area contributed by atoms with Gasteiger partial charge in [-0.25, -0.2) is 12.7 Å². The molecule has 1 saturated heterocycles. The largest absolute Gasteiger partial charge is 0.273 e. The zero-order chi connectivity index (χ0) is 16.6. The molecule has 0 radical (unpaired) electrons. The number of amides is 2. The van der Waals surface area contributed by atoms with Crippen LogP contribution in [-0.2, 0) is 10.0 Å². The lowest BCUT2D eigenvalue weighted by Crippen LogP contribution is -2.43. The highest BCUT2D eigenvalue weighted by atomic mass is 32.2. The van der Waals surface area contributed by atoms with Crippen LogP contribution in [0.25, 0.3) is 0 Å². The Morgan fingerprint density at radius 3 is 2.30 bits per heavy atom. The average molecular weight is 336 g/mol. The van der Waals surface area contributed by atoms with Crippen molar-refractivity contribution in [3.05, 3.63) is 35.4 Å². The van der Waals surface area contributed by atoms with Crippen LogP contribution in [0.1, 0.15) is 40.5 Å². The Kier molecular flexibility index (Phi) is 4.25. The molecule has 2 amide bonds. The summed E-state index contributed by atoms with van der Waals surface area (Å²) in [6, 6.07) is 6.57. The molecule has 0 aromatic heterocycles. The molecular formula is C16H20N2O4S. The minimum absolute atomic E-state index is 0.0977. The molecule has 7 heteroatoms. The maximum absolute atomic E-state index is 12.5. The fourth-order valence-corrected chi connectivity index (χ4v) is 4.74. The molecule has 0 spiro atoms. The number of fused-ring (bicyclic) bond motifs is 1. The Morgan fingerprint density at radius 1 is 1.13 bits per heavy atom. The molecule has 0 saturated carbocycles. The Labute approximate surface area is 136 Å². The first-order chi connectivity index (χ1) is 10.9. The van der Waals surface area contributed by atoms with Gasteiger partial charge in [-0.15, -0.1) is 0 Å². The normalized spacial score (nSPS) is 22.5. The molecule has 2 heterocycles. The molecule has 2 aliphatic heterocycles. The van der Waals surface area contributed by atoms with Crippen molar-refractivity contribution in [3.63, 3.8) is 0 Å². The maximum Gasteiger partial charge on any atom is 0.261 e. The van der Waals surface area contributed by atoms with Gasteiger partial charge in [0.2, 0.25) is 10.0 Å². The van der Waals surface area contributed by atoms with E-state index < -0.39 is 21.8 Å². The number of piperidine rings is 1. The average Bonchev–Trinajstić information content (AvgIpc) is 2.77. The van der Waals surface area contributed by atoms with E-state index in [0.717, 1.165) is 17.7 Å². The standard InChI is InChI=1S/C16H20N2O4S/c1-12-5-4-8-17(11-12)23(21,22)10-9-18-15(19)13-6-2-3-7-14(13)16(18)20/h2-3,6-7,12H,4-5,8-11H2,1H3. The number of benzene rings is 1. The van der Waals surface area contributed by atoms with Gasteiger partial charge in [-0.05, 0) is 30.9 Å². The van der Waals surface area contributed by atoms with E-state index in [2.05, 4.69) is 0 Å². The van der Waals surface area contributed by atoms with Crippen LogP contribution in [0.15, 0.2) is 24.3 Å². The number of rotatable bonds is 4. The highest BCUT2D eigenvalue weighted by Crippen LogP contribution is 2.23. The van der Waals surface area contributed by atoms with Crippen molar-refractivity contribution < 1.29 is 18.0 Å². The van der Waals surface area contributed by atoms with Gasteiger partial charge >= 0.3 is 0 Å². The minimum atomic E-state index is -3.45. The highest BCUT2D eigenvalue weighted by Gasteiger charge is 2.36. The summed E-state index contributed by atoms with van der Waals surface area (Å²) >= 11 is 0. The van der Waals surface area contributed by atoms with E-state index >= 15 is 0 Å². The van der Waals surface area contributed by atoms with Crippen LogP contribution in [0.5, 0.6) is 0 Å². The van der Waals surface area contributed by atoms with E-state index in [-0.39, 0.29) is 12.3 Å². The molecule has 6 nitrogen and oxygen atoms in total. The summed E-state index contributed by atoms with van der Waals surface area (Å²) in [4.78, 5) is 25.5. The van der Waals surface area contributed by atoms with Crippen molar-refractivity contribution in [1.82, 2.24) is 9.21 Å². The smallest absolute Gasteiger partial charge is 0.261 e. The third kappa shape index (κ3) is 3.03. The first kappa shape index (κ1) is 16.1. The molecule has 0 N–H and O–H groups in total. The molecule has 0 aliphatic carbocycles. The van der Waals surface area contributed by atoms with Gasteiger partial charge in [0.1, 0.15) is 0 Å². The van der Waals surface area contributed by atoms with Gasteiger partial charge in [0, 0.05) is 19.6 Å². The second-order valence-electron chi connectivity index (χ2n) is 6.23. The van der Waals surface area contributed by atoms with E-state index in [1.165, 1.54) is 4.31 Å². The Morgan fingerprint density at radius 2 is 1.74 bits per heavy atom. The Bertz CT molecular complexity index is 709. The Balaban J connectivity index is 1.69. The van der Waals surface area contributed by atoms with Crippen molar-refractivity contribution in [1.29, 1.82) is 0 Å². The predicted octanol–water partition coefficient (Wildman–Crippen LogP) is 1.34. The number of hydrogen-bond acceptors (Lipinski definition) is 4. The van der Waals surface area contributed by atoms with E-state index in [1.54, 1.807) is 24.3 Å². The first-order valence-corrected chi connectivity index (χ1v) is 9.44. The number of sulfonamides is 1. The Hall–Kier alpha value is -1.73. The predicted molar refractivity (Wildman–Crippen MR) is 85.6 cm³/mol. The number of nitrogens with zero attached hydrogens (tertiary/aromatic N) is 2. The summed E-state index contributed by atoms with van der Waals surface area (Å²) in [5, 5.41) is 0. The third-order valence-corrected chi connectivity index (χ3v) is 6.28. The minimum Gasteiger partial charge on any atom is -0.273 e. The van der Waals surface area contributed by atoms with Crippen LogP contribution in [-0.4, -0.2) is 54.8 Å². The van der Waals surface area contributed by atoms with Crippen LogP contribution in [0.2, 0.25) is 0 Å². The highest BCUT2D eigenvalue weighted by molar-refractivity contribution is 7.89. The number of carbonyl (C=O) groups is 2. The topological polar surface area (TPSA) is 74.8 Å². The van der Waals surface area contributed by atoms with E-state index in [4.69, 9.17) is 0 Å². The van der Waals surface area contributed by atoms with E-state index in [9.17, 15) is 18.0 Å². The number of hydrogen-bond donors (Lipinski definition) is 0. The third-order valence-electron chi connectivity index (χ3n) is 4.46. The van der Waals surface area contributed by atoms with Crippen molar-refractivity contribution in [3.8, 4) is 0 Å². The van der Waals surface area contributed by atoms with Gasteiger partial charge in [-0.3, -0.25) is 14.5 Å². The first-order valence-electron chi connectivity index (χ1n) is 7.83. The van der Waals surface area contributed by atoms with E-state index in [1.807, 2.05) is 6.92 Å². The quantitative estimate of drug-likeness (QED) is 0.778. The van der Waals surface area contributed by atoms with Gasteiger partial charge in [0.25, 0.3) is 11.8 Å². The molecule has 0 bridgehead atoms. The lowest BCUT2D eigenvalue weighted by atomic mass is 10.0. The summed E-state index contributed by atoms with van der Waals surface area (Å²) in [5.74, 6) is -0.691. The number of carbonyl (C=O) groups excluding carboxylic acids is 2. The molecule has 1 atom stereocenters. The van der Waals surface area contributed by atoms with Crippen molar-refractivity contribution >= 4 is 21.8 Å². The zero-order valence-corrected chi connectivity index (χ0v) is 13.9. The fourth-order valence-electron chi connectivity index (χ4n) is 3.18. The number of imide groups is 1. The molecule has 23 heavy (non-hydrogen) atoms. The second kappa shape index (κ2) is 6.05. The molecule has 1 fully saturated rings. The molecular weight excluding hydrogens is 316 g/mol. The van der Waals surface area contributed by atoms with Crippen molar-refractivity contribution in [2.24, 2.45) is 5.92 Å². The van der Waals surface area contributed by atoms with Gasteiger partial charge in [-0.2, -0.15) is 0 Å². The molecule has 3 rings (SSSR count). The molecule has 124 valence electrons. The molecule has 1 aromatic rings. The van der Waals surface area contributed by atoms with Crippen molar-refractivity contribution in [2.45, 2.75) is 19.8 Å². The van der Waals surface area contributed by atoms with Crippen LogP contribution in [0.4, 0.5) is 0 Å². The summed E-state index contributed by atoms with van der Waals surface area (Å²) < 4.78 is 26.4. The van der Waals surface area contributed by atoms with Gasteiger partial charge in [0.05, 0.1) is 16.9 Å². The zero-order valence-electron chi connectivity index (χ0n) is 13.1.